The molecule has 0 unspecified atom stereocenters. The number of nitrogens with zero attached hydrogens (tertiary/aromatic N) is 2. The SMILES string of the molecule is CCCn1ccc(=O)n(CCCF)c1=O. The van der Waals surface area contributed by atoms with E-state index >= 15 is 0 Å². The molecule has 0 fully saturated rings. The van der Waals surface area contributed by atoms with Gasteiger partial charge in [0.05, 0.1) is 6.67 Å². The molecule has 1 heterocycles. The second-order valence-electron chi connectivity index (χ2n) is 3.32. The van der Waals surface area contributed by atoms with Gasteiger partial charge in [-0.25, -0.2) is 4.79 Å². The van der Waals surface area contributed by atoms with E-state index in [2.05, 4.69) is 0 Å². The maximum absolute atomic E-state index is 12.0. The fourth-order valence-electron chi connectivity index (χ4n) is 1.39. The molecule has 0 radical (unpaired) electrons. The van der Waals surface area contributed by atoms with Crippen LogP contribution in [0.5, 0.6) is 0 Å². The highest BCUT2D eigenvalue weighted by molar-refractivity contribution is 4.86. The maximum atomic E-state index is 12.0. The summed E-state index contributed by atoms with van der Waals surface area (Å²) in [4.78, 5) is 23.0. The fraction of sp³-hybridized carbons (Fsp3) is 0.600. The molecular weight excluding hydrogens is 199 g/mol. The van der Waals surface area contributed by atoms with Gasteiger partial charge in [-0.3, -0.25) is 13.8 Å². The van der Waals surface area contributed by atoms with Crippen molar-refractivity contribution in [2.45, 2.75) is 32.9 Å². The van der Waals surface area contributed by atoms with E-state index in [-0.39, 0.29) is 24.2 Å². The van der Waals surface area contributed by atoms with Crippen molar-refractivity contribution in [1.82, 2.24) is 9.13 Å². The monoisotopic (exact) mass is 214 g/mol. The fourth-order valence-corrected chi connectivity index (χ4v) is 1.39. The third-order valence-corrected chi connectivity index (χ3v) is 2.12. The minimum absolute atomic E-state index is 0.152. The van der Waals surface area contributed by atoms with E-state index in [4.69, 9.17) is 0 Å². The second kappa shape index (κ2) is 5.48. The quantitative estimate of drug-likeness (QED) is 0.727. The van der Waals surface area contributed by atoms with Crippen molar-refractivity contribution in [3.8, 4) is 0 Å². The zero-order chi connectivity index (χ0) is 11.3. The molecule has 0 aliphatic carbocycles. The Kier molecular flexibility index (Phi) is 4.27. The average Bonchev–Trinajstić information content (AvgIpc) is 2.22. The molecule has 1 rings (SSSR count). The van der Waals surface area contributed by atoms with Crippen molar-refractivity contribution in [3.63, 3.8) is 0 Å². The molecule has 84 valence electrons. The molecule has 0 saturated carbocycles. The first kappa shape index (κ1) is 11.7. The summed E-state index contributed by atoms with van der Waals surface area (Å²) in [5.74, 6) is 0. The Bertz CT molecular complexity index is 422. The number of hydrogen-bond acceptors (Lipinski definition) is 2. The average molecular weight is 214 g/mol. The highest BCUT2D eigenvalue weighted by Gasteiger charge is 2.03. The summed E-state index contributed by atoms with van der Waals surface area (Å²) < 4.78 is 14.5. The summed E-state index contributed by atoms with van der Waals surface area (Å²) in [6.45, 7) is 2.16. The first-order valence-electron chi connectivity index (χ1n) is 5.07. The first-order chi connectivity index (χ1) is 7.20. The Morgan fingerprint density at radius 1 is 1.33 bits per heavy atom. The predicted octanol–water partition coefficient (Wildman–Crippen LogP) is 0.780. The van der Waals surface area contributed by atoms with Gasteiger partial charge in [0.2, 0.25) is 0 Å². The topological polar surface area (TPSA) is 44.0 Å². The van der Waals surface area contributed by atoms with Crippen LogP contribution >= 0.6 is 0 Å². The predicted molar refractivity (Wildman–Crippen MR) is 55.8 cm³/mol. The molecule has 0 aromatic carbocycles. The molecule has 0 atom stereocenters. The van der Waals surface area contributed by atoms with Gasteiger partial charge >= 0.3 is 5.69 Å². The van der Waals surface area contributed by atoms with Crippen LogP contribution in [0.2, 0.25) is 0 Å². The zero-order valence-corrected chi connectivity index (χ0v) is 8.78. The van der Waals surface area contributed by atoms with Crippen LogP contribution in [-0.4, -0.2) is 15.8 Å². The van der Waals surface area contributed by atoms with Crippen LogP contribution < -0.4 is 11.2 Å². The van der Waals surface area contributed by atoms with Gasteiger partial charge in [0.25, 0.3) is 5.56 Å². The molecule has 0 amide bonds. The molecule has 0 aliphatic heterocycles. The molecular formula is C10H15FN2O2. The zero-order valence-electron chi connectivity index (χ0n) is 8.78. The summed E-state index contributed by atoms with van der Waals surface area (Å²) >= 11 is 0. The summed E-state index contributed by atoms with van der Waals surface area (Å²) in [5, 5.41) is 0. The third kappa shape index (κ3) is 2.78. The van der Waals surface area contributed by atoms with E-state index in [1.54, 1.807) is 0 Å². The molecule has 0 aliphatic rings. The minimum atomic E-state index is -0.519. The molecule has 0 N–H and O–H groups in total. The first-order valence-corrected chi connectivity index (χ1v) is 5.07. The van der Waals surface area contributed by atoms with Gasteiger partial charge in [-0.05, 0) is 12.8 Å². The van der Waals surface area contributed by atoms with E-state index in [1.807, 2.05) is 6.92 Å². The Morgan fingerprint density at radius 2 is 2.07 bits per heavy atom. The van der Waals surface area contributed by atoms with Crippen LogP contribution in [0.25, 0.3) is 0 Å². The highest BCUT2D eigenvalue weighted by atomic mass is 19.1. The number of alkyl halides is 1. The largest absolute Gasteiger partial charge is 0.330 e. The Hall–Kier alpha value is -1.39. The smallest absolute Gasteiger partial charge is 0.300 e. The number of halogens is 1. The lowest BCUT2D eigenvalue weighted by molar-refractivity contribution is 0.431. The van der Waals surface area contributed by atoms with Crippen LogP contribution in [0.4, 0.5) is 4.39 Å². The van der Waals surface area contributed by atoms with Crippen molar-refractivity contribution in [3.05, 3.63) is 33.1 Å². The Morgan fingerprint density at radius 3 is 2.67 bits per heavy atom. The number of hydrogen-bond donors (Lipinski definition) is 0. The van der Waals surface area contributed by atoms with Crippen LogP contribution in [0.3, 0.4) is 0 Å². The molecule has 0 spiro atoms. The molecule has 5 heteroatoms. The Labute approximate surface area is 87.0 Å². The van der Waals surface area contributed by atoms with E-state index in [9.17, 15) is 14.0 Å². The van der Waals surface area contributed by atoms with Crippen molar-refractivity contribution < 1.29 is 4.39 Å². The standard InChI is InChI=1S/C10H15FN2O2/c1-2-6-12-8-4-9(14)13(10(12)15)7-3-5-11/h4,8H,2-3,5-7H2,1H3. The van der Waals surface area contributed by atoms with E-state index < -0.39 is 6.67 Å². The van der Waals surface area contributed by atoms with Gasteiger partial charge in [-0.1, -0.05) is 6.92 Å². The second-order valence-corrected chi connectivity index (χ2v) is 3.32. The van der Waals surface area contributed by atoms with Gasteiger partial charge in [0.1, 0.15) is 0 Å². The van der Waals surface area contributed by atoms with Crippen LogP contribution in [0, 0.1) is 0 Å². The van der Waals surface area contributed by atoms with Gasteiger partial charge in [-0.2, -0.15) is 0 Å². The van der Waals surface area contributed by atoms with E-state index in [0.29, 0.717) is 6.54 Å². The van der Waals surface area contributed by atoms with Crippen molar-refractivity contribution >= 4 is 0 Å². The van der Waals surface area contributed by atoms with Crippen LogP contribution in [-0.2, 0) is 13.1 Å². The lowest BCUT2D eigenvalue weighted by Crippen LogP contribution is -2.39. The van der Waals surface area contributed by atoms with Gasteiger partial charge < -0.3 is 4.57 Å². The van der Waals surface area contributed by atoms with E-state index in [1.165, 1.54) is 16.8 Å². The molecule has 15 heavy (non-hydrogen) atoms. The molecule has 1 aromatic rings. The third-order valence-electron chi connectivity index (χ3n) is 2.12. The Balaban J connectivity index is 3.07. The minimum Gasteiger partial charge on any atom is -0.300 e. The summed E-state index contributed by atoms with van der Waals surface area (Å²) in [7, 11) is 0. The number of aromatic nitrogens is 2. The van der Waals surface area contributed by atoms with Crippen molar-refractivity contribution in [2.75, 3.05) is 6.67 Å². The van der Waals surface area contributed by atoms with E-state index in [0.717, 1.165) is 11.0 Å². The highest BCUT2D eigenvalue weighted by Crippen LogP contribution is 1.86. The van der Waals surface area contributed by atoms with Crippen LogP contribution in [0.15, 0.2) is 21.9 Å². The van der Waals surface area contributed by atoms with Crippen LogP contribution in [0.1, 0.15) is 19.8 Å². The summed E-state index contributed by atoms with van der Waals surface area (Å²) in [5.41, 5.74) is -0.710. The van der Waals surface area contributed by atoms with Crippen molar-refractivity contribution in [2.24, 2.45) is 0 Å². The molecule has 0 saturated heterocycles. The number of aryl methyl sites for hydroxylation is 1. The number of rotatable bonds is 5. The molecule has 1 aromatic heterocycles. The van der Waals surface area contributed by atoms with Gasteiger partial charge in [0, 0.05) is 25.4 Å². The summed E-state index contributed by atoms with van der Waals surface area (Å²) in [6.07, 6.45) is 2.51. The maximum Gasteiger partial charge on any atom is 0.330 e. The summed E-state index contributed by atoms with van der Waals surface area (Å²) in [6, 6.07) is 1.34. The molecule has 4 nitrogen and oxygen atoms in total. The lowest BCUT2D eigenvalue weighted by atomic mass is 10.4. The van der Waals surface area contributed by atoms with Crippen molar-refractivity contribution in [1.29, 1.82) is 0 Å². The van der Waals surface area contributed by atoms with Gasteiger partial charge in [-0.15, -0.1) is 0 Å². The normalized spacial score (nSPS) is 10.5. The lowest BCUT2D eigenvalue weighted by Gasteiger charge is -2.07. The molecule has 0 bridgehead atoms. The van der Waals surface area contributed by atoms with Gasteiger partial charge in [0.15, 0.2) is 0 Å².